The summed E-state index contributed by atoms with van der Waals surface area (Å²) in [5.41, 5.74) is 2.86. The lowest BCUT2D eigenvalue weighted by Crippen LogP contribution is -2.37. The smallest absolute Gasteiger partial charge is 0.338 e. The van der Waals surface area contributed by atoms with Crippen LogP contribution in [0.5, 0.6) is 11.5 Å². The van der Waals surface area contributed by atoms with Crippen molar-refractivity contribution in [1.29, 1.82) is 0 Å². The maximum atomic E-state index is 12.4. The van der Waals surface area contributed by atoms with Crippen molar-refractivity contribution in [3.63, 3.8) is 0 Å². The van der Waals surface area contributed by atoms with Crippen molar-refractivity contribution in [2.75, 3.05) is 25.5 Å². The van der Waals surface area contributed by atoms with Crippen molar-refractivity contribution in [2.24, 2.45) is 0 Å². The number of anilines is 1. The fourth-order valence-electron chi connectivity index (χ4n) is 3.13. The molecule has 3 aromatic rings. The van der Waals surface area contributed by atoms with Gasteiger partial charge < -0.3 is 19.7 Å². The lowest BCUT2D eigenvalue weighted by molar-refractivity contribution is -0.136. The van der Waals surface area contributed by atoms with Crippen LogP contribution in [0, 0.1) is 13.8 Å². The van der Waals surface area contributed by atoms with Crippen LogP contribution in [0.2, 0.25) is 0 Å². The zero-order valence-electron chi connectivity index (χ0n) is 18.8. The average Bonchev–Trinajstić information content (AvgIpc) is 2.80. The second-order valence-corrected chi connectivity index (χ2v) is 7.58. The molecule has 3 rings (SSSR count). The van der Waals surface area contributed by atoms with Gasteiger partial charge in [0.15, 0.2) is 6.61 Å². The largest absolute Gasteiger partial charge is 0.457 e. The first kappa shape index (κ1) is 23.5. The number of benzene rings is 3. The van der Waals surface area contributed by atoms with E-state index in [0.717, 1.165) is 16.8 Å². The van der Waals surface area contributed by atoms with Crippen molar-refractivity contribution in [3.8, 4) is 11.5 Å². The molecule has 0 spiro atoms. The molecule has 2 amide bonds. The van der Waals surface area contributed by atoms with E-state index in [1.807, 2.05) is 50.2 Å². The number of aryl methyl sites for hydroxylation is 2. The van der Waals surface area contributed by atoms with Gasteiger partial charge in [-0.3, -0.25) is 9.59 Å². The average molecular weight is 447 g/mol. The first-order chi connectivity index (χ1) is 15.8. The van der Waals surface area contributed by atoms with E-state index in [1.165, 1.54) is 11.9 Å². The highest BCUT2D eigenvalue weighted by molar-refractivity contribution is 5.96. The predicted molar refractivity (Wildman–Crippen MR) is 125 cm³/mol. The van der Waals surface area contributed by atoms with Crippen LogP contribution in [-0.4, -0.2) is 42.9 Å². The molecular weight excluding hydrogens is 420 g/mol. The number of nitrogens with zero attached hydrogens (tertiary/aromatic N) is 1. The Labute approximate surface area is 192 Å². The van der Waals surface area contributed by atoms with Crippen molar-refractivity contribution >= 4 is 23.5 Å². The number of carbonyl (C=O) groups is 3. The highest BCUT2D eigenvalue weighted by Crippen LogP contribution is 2.22. The van der Waals surface area contributed by atoms with E-state index in [1.54, 1.807) is 36.4 Å². The fraction of sp³-hybridized carbons (Fsp3) is 0.192. The third kappa shape index (κ3) is 6.67. The van der Waals surface area contributed by atoms with Crippen LogP contribution in [-0.2, 0) is 14.3 Å². The van der Waals surface area contributed by atoms with E-state index in [-0.39, 0.29) is 18.0 Å². The van der Waals surface area contributed by atoms with Crippen LogP contribution in [0.4, 0.5) is 5.69 Å². The van der Waals surface area contributed by atoms with E-state index >= 15 is 0 Å². The predicted octanol–water partition coefficient (Wildman–Crippen LogP) is 4.35. The monoisotopic (exact) mass is 446 g/mol. The molecule has 0 radical (unpaired) electrons. The lowest BCUT2D eigenvalue weighted by Gasteiger charge is -2.18. The minimum absolute atomic E-state index is 0.162. The van der Waals surface area contributed by atoms with Crippen LogP contribution in [0.1, 0.15) is 21.5 Å². The van der Waals surface area contributed by atoms with Gasteiger partial charge in [0.1, 0.15) is 11.5 Å². The van der Waals surface area contributed by atoms with E-state index < -0.39 is 18.5 Å². The number of esters is 1. The van der Waals surface area contributed by atoms with Gasteiger partial charge >= 0.3 is 5.97 Å². The summed E-state index contributed by atoms with van der Waals surface area (Å²) in [6.45, 7) is 3.16. The second kappa shape index (κ2) is 10.9. The first-order valence-electron chi connectivity index (χ1n) is 10.4. The van der Waals surface area contributed by atoms with Crippen LogP contribution in [0.3, 0.4) is 0 Å². The summed E-state index contributed by atoms with van der Waals surface area (Å²) in [7, 11) is 1.48. The molecule has 7 heteroatoms. The van der Waals surface area contributed by atoms with Gasteiger partial charge in [0, 0.05) is 12.7 Å². The summed E-state index contributed by atoms with van der Waals surface area (Å²) in [5.74, 6) is -0.367. The summed E-state index contributed by atoms with van der Waals surface area (Å²) >= 11 is 0. The number of amides is 2. The molecule has 0 bridgehead atoms. The molecular formula is C26H26N2O5. The first-order valence-corrected chi connectivity index (χ1v) is 10.4. The second-order valence-electron chi connectivity index (χ2n) is 7.58. The Bertz CT molecular complexity index is 1120. The van der Waals surface area contributed by atoms with Gasteiger partial charge in [-0.15, -0.1) is 0 Å². The third-order valence-electron chi connectivity index (χ3n) is 4.93. The third-order valence-corrected chi connectivity index (χ3v) is 4.93. The standard InChI is InChI=1S/C26H26N2O5/c1-18-9-7-10-19(2)25(18)27-23(29)16-28(3)24(30)17-32-26(31)20-11-8-14-22(15-20)33-21-12-5-4-6-13-21/h4-15H,16-17H2,1-3H3,(H,27,29). The van der Waals surface area contributed by atoms with Gasteiger partial charge in [-0.2, -0.15) is 0 Å². The molecule has 0 atom stereocenters. The van der Waals surface area contributed by atoms with Crippen molar-refractivity contribution in [2.45, 2.75) is 13.8 Å². The molecule has 7 nitrogen and oxygen atoms in total. The molecule has 33 heavy (non-hydrogen) atoms. The molecule has 1 N–H and O–H groups in total. The van der Waals surface area contributed by atoms with Gasteiger partial charge in [-0.1, -0.05) is 42.5 Å². The van der Waals surface area contributed by atoms with E-state index in [0.29, 0.717) is 11.5 Å². The SMILES string of the molecule is Cc1cccc(C)c1NC(=O)CN(C)C(=O)COC(=O)c1cccc(Oc2ccccc2)c1. The molecule has 0 aliphatic heterocycles. The van der Waals surface area contributed by atoms with Crippen molar-refractivity contribution < 1.29 is 23.9 Å². The number of ether oxygens (including phenoxy) is 2. The molecule has 0 saturated carbocycles. The Kier molecular flexibility index (Phi) is 7.81. The summed E-state index contributed by atoms with van der Waals surface area (Å²) in [6.07, 6.45) is 0. The Morgan fingerprint density at radius 2 is 1.48 bits per heavy atom. The van der Waals surface area contributed by atoms with E-state index in [9.17, 15) is 14.4 Å². The van der Waals surface area contributed by atoms with Gasteiger partial charge in [0.25, 0.3) is 5.91 Å². The van der Waals surface area contributed by atoms with Crippen LogP contribution in [0.25, 0.3) is 0 Å². The Morgan fingerprint density at radius 1 is 0.848 bits per heavy atom. The van der Waals surface area contributed by atoms with E-state index in [2.05, 4.69) is 5.32 Å². The number of hydrogen-bond acceptors (Lipinski definition) is 5. The highest BCUT2D eigenvalue weighted by Gasteiger charge is 2.17. The van der Waals surface area contributed by atoms with Crippen molar-refractivity contribution in [3.05, 3.63) is 89.5 Å². The molecule has 0 aliphatic rings. The molecule has 0 unspecified atom stereocenters. The molecule has 0 aliphatic carbocycles. The molecule has 0 aromatic heterocycles. The van der Waals surface area contributed by atoms with Crippen LogP contribution in [0.15, 0.2) is 72.8 Å². The van der Waals surface area contributed by atoms with Gasteiger partial charge in [0.05, 0.1) is 12.1 Å². The zero-order valence-corrected chi connectivity index (χ0v) is 18.8. The maximum absolute atomic E-state index is 12.4. The summed E-state index contributed by atoms with van der Waals surface area (Å²) in [4.78, 5) is 38.3. The minimum Gasteiger partial charge on any atom is -0.457 e. The zero-order chi connectivity index (χ0) is 23.8. The molecule has 0 fully saturated rings. The number of likely N-dealkylation sites (N-methyl/N-ethyl adjacent to an activating group) is 1. The van der Waals surface area contributed by atoms with Crippen molar-refractivity contribution in [1.82, 2.24) is 4.90 Å². The Balaban J connectivity index is 1.51. The summed E-state index contributed by atoms with van der Waals surface area (Å²) < 4.78 is 10.9. The minimum atomic E-state index is -0.657. The maximum Gasteiger partial charge on any atom is 0.338 e. The molecule has 3 aromatic carbocycles. The number of carbonyl (C=O) groups excluding carboxylic acids is 3. The van der Waals surface area contributed by atoms with Crippen LogP contribution >= 0.6 is 0 Å². The normalized spacial score (nSPS) is 10.3. The highest BCUT2D eigenvalue weighted by atomic mass is 16.5. The van der Waals surface area contributed by atoms with Gasteiger partial charge in [-0.25, -0.2) is 4.79 Å². The lowest BCUT2D eigenvalue weighted by atomic mass is 10.1. The summed E-state index contributed by atoms with van der Waals surface area (Å²) in [5, 5.41) is 2.83. The van der Waals surface area contributed by atoms with Gasteiger partial charge in [0.2, 0.25) is 5.91 Å². The number of hydrogen-bond donors (Lipinski definition) is 1. The van der Waals surface area contributed by atoms with Crippen LogP contribution < -0.4 is 10.1 Å². The number of nitrogens with one attached hydrogen (secondary N) is 1. The molecule has 170 valence electrons. The number of para-hydroxylation sites is 2. The number of rotatable bonds is 8. The topological polar surface area (TPSA) is 84.9 Å². The Morgan fingerprint density at radius 3 is 2.18 bits per heavy atom. The Hall–Kier alpha value is -4.13. The molecule has 0 heterocycles. The molecule has 0 saturated heterocycles. The fourth-order valence-corrected chi connectivity index (χ4v) is 3.13. The van der Waals surface area contributed by atoms with E-state index in [4.69, 9.17) is 9.47 Å². The quantitative estimate of drug-likeness (QED) is 0.520. The van der Waals surface area contributed by atoms with Gasteiger partial charge in [-0.05, 0) is 55.3 Å². The summed E-state index contributed by atoms with van der Waals surface area (Å²) in [6, 6.07) is 21.4.